The Bertz CT molecular complexity index is 1210. The first kappa shape index (κ1) is 18.9. The Morgan fingerprint density at radius 2 is 2.10 bits per heavy atom. The van der Waals surface area contributed by atoms with E-state index in [1.165, 1.54) is 12.1 Å². The van der Waals surface area contributed by atoms with Crippen LogP contribution in [0.2, 0.25) is 0 Å². The SMILES string of the molecule is Cc1nc(NCc2cccc(C(F)F)c2F)c2cc(C3(C#N)CC3)c(=O)[nH]c2n1. The van der Waals surface area contributed by atoms with Crippen LogP contribution in [0.15, 0.2) is 29.1 Å². The van der Waals surface area contributed by atoms with Crippen LogP contribution in [0, 0.1) is 24.1 Å². The van der Waals surface area contributed by atoms with E-state index in [0.717, 1.165) is 6.07 Å². The van der Waals surface area contributed by atoms with Crippen molar-refractivity contribution in [1.29, 1.82) is 5.26 Å². The Balaban J connectivity index is 1.74. The number of fused-ring (bicyclic) bond motifs is 1. The Labute approximate surface area is 163 Å². The molecular weight excluding hydrogens is 383 g/mol. The number of H-pyrrole nitrogens is 1. The summed E-state index contributed by atoms with van der Waals surface area (Å²) in [6.45, 7) is 1.54. The highest BCUT2D eigenvalue weighted by Crippen LogP contribution is 2.46. The molecule has 0 atom stereocenters. The van der Waals surface area contributed by atoms with Gasteiger partial charge in [0.05, 0.1) is 22.4 Å². The minimum Gasteiger partial charge on any atom is -0.365 e. The van der Waals surface area contributed by atoms with Gasteiger partial charge in [-0.05, 0) is 25.8 Å². The maximum absolute atomic E-state index is 14.3. The summed E-state index contributed by atoms with van der Waals surface area (Å²) in [7, 11) is 0. The standard InChI is InChI=1S/C20H16F3N5O/c1-10-26-17(25-8-11-3-2-4-12(15(11)21)16(22)23)13-7-14(20(9-24)5-6-20)19(29)28-18(13)27-10/h2-4,7,16H,5-6,8H2,1H3,(H2,25,26,27,28,29). The van der Waals surface area contributed by atoms with E-state index in [9.17, 15) is 23.2 Å². The summed E-state index contributed by atoms with van der Waals surface area (Å²) in [5.74, 6) is -0.284. The van der Waals surface area contributed by atoms with E-state index in [0.29, 0.717) is 35.4 Å². The van der Waals surface area contributed by atoms with Gasteiger partial charge in [-0.2, -0.15) is 5.26 Å². The van der Waals surface area contributed by atoms with Crippen LogP contribution in [0.5, 0.6) is 0 Å². The summed E-state index contributed by atoms with van der Waals surface area (Å²) in [5, 5.41) is 12.8. The first-order valence-corrected chi connectivity index (χ1v) is 8.97. The van der Waals surface area contributed by atoms with Gasteiger partial charge in [0.2, 0.25) is 0 Å². The van der Waals surface area contributed by atoms with Crippen molar-refractivity contribution in [3.05, 3.63) is 63.0 Å². The molecule has 1 aromatic carbocycles. The predicted octanol–water partition coefficient (Wildman–Crippen LogP) is 3.87. The van der Waals surface area contributed by atoms with E-state index in [-0.39, 0.29) is 23.3 Å². The molecule has 148 valence electrons. The molecule has 2 N–H and O–H groups in total. The third-order valence-corrected chi connectivity index (χ3v) is 5.09. The highest BCUT2D eigenvalue weighted by Gasteiger charge is 2.47. The molecule has 0 radical (unpaired) electrons. The number of halogens is 3. The number of aryl methyl sites for hydroxylation is 1. The van der Waals surface area contributed by atoms with Crippen LogP contribution in [0.25, 0.3) is 11.0 Å². The third kappa shape index (κ3) is 3.31. The van der Waals surface area contributed by atoms with E-state index >= 15 is 0 Å². The summed E-state index contributed by atoms with van der Waals surface area (Å²) < 4.78 is 40.2. The molecule has 3 aromatic rings. The molecule has 0 unspecified atom stereocenters. The molecule has 1 fully saturated rings. The maximum atomic E-state index is 14.3. The van der Waals surface area contributed by atoms with Crippen LogP contribution in [-0.2, 0) is 12.0 Å². The van der Waals surface area contributed by atoms with E-state index in [1.807, 2.05) is 0 Å². The number of nitriles is 1. The Morgan fingerprint density at radius 1 is 1.34 bits per heavy atom. The Hall–Kier alpha value is -3.41. The summed E-state index contributed by atoms with van der Waals surface area (Å²) in [6, 6.07) is 7.58. The molecule has 1 aliphatic carbocycles. The number of benzene rings is 1. The minimum atomic E-state index is -2.91. The van der Waals surface area contributed by atoms with Gasteiger partial charge in [-0.15, -0.1) is 0 Å². The van der Waals surface area contributed by atoms with Gasteiger partial charge in [-0.25, -0.2) is 23.1 Å². The maximum Gasteiger partial charge on any atom is 0.266 e. The fourth-order valence-electron chi connectivity index (χ4n) is 3.34. The molecule has 0 spiro atoms. The summed E-state index contributed by atoms with van der Waals surface area (Å²) in [5.41, 5.74) is -1.16. The van der Waals surface area contributed by atoms with Gasteiger partial charge in [-0.3, -0.25) is 4.79 Å². The van der Waals surface area contributed by atoms with Crippen LogP contribution < -0.4 is 10.9 Å². The molecule has 0 amide bonds. The monoisotopic (exact) mass is 399 g/mol. The average molecular weight is 399 g/mol. The fraction of sp³-hybridized carbons (Fsp3) is 0.300. The second-order valence-corrected chi connectivity index (χ2v) is 7.06. The third-order valence-electron chi connectivity index (χ3n) is 5.09. The molecule has 0 aliphatic heterocycles. The van der Waals surface area contributed by atoms with Crippen molar-refractivity contribution in [2.45, 2.75) is 38.2 Å². The molecule has 0 bridgehead atoms. The lowest BCUT2D eigenvalue weighted by atomic mass is 9.98. The van der Waals surface area contributed by atoms with Crippen molar-refractivity contribution >= 4 is 16.9 Å². The molecule has 0 saturated heterocycles. The predicted molar refractivity (Wildman–Crippen MR) is 100 cm³/mol. The average Bonchev–Trinajstić information content (AvgIpc) is 3.47. The lowest BCUT2D eigenvalue weighted by Gasteiger charge is -2.13. The zero-order chi connectivity index (χ0) is 20.8. The quantitative estimate of drug-likeness (QED) is 0.679. The number of pyridine rings is 1. The molecule has 1 aliphatic rings. The Kier molecular flexibility index (Phi) is 4.49. The Morgan fingerprint density at radius 3 is 2.76 bits per heavy atom. The second kappa shape index (κ2) is 6.88. The van der Waals surface area contributed by atoms with Gasteiger partial charge < -0.3 is 10.3 Å². The topological polar surface area (TPSA) is 94.5 Å². The summed E-state index contributed by atoms with van der Waals surface area (Å²) in [6.07, 6.45) is -1.72. The number of anilines is 1. The van der Waals surface area contributed by atoms with Gasteiger partial charge in [0.1, 0.15) is 23.1 Å². The van der Waals surface area contributed by atoms with Gasteiger partial charge in [-0.1, -0.05) is 18.2 Å². The van der Waals surface area contributed by atoms with Gasteiger partial charge >= 0.3 is 0 Å². The van der Waals surface area contributed by atoms with E-state index in [2.05, 4.69) is 26.3 Å². The van der Waals surface area contributed by atoms with Gasteiger partial charge in [0.25, 0.3) is 12.0 Å². The summed E-state index contributed by atoms with van der Waals surface area (Å²) >= 11 is 0. The zero-order valence-corrected chi connectivity index (χ0v) is 15.4. The van der Waals surface area contributed by atoms with Gasteiger partial charge in [0.15, 0.2) is 0 Å². The largest absolute Gasteiger partial charge is 0.365 e. The molecule has 9 heteroatoms. The highest BCUT2D eigenvalue weighted by atomic mass is 19.3. The van der Waals surface area contributed by atoms with Crippen LogP contribution in [0.4, 0.5) is 19.0 Å². The molecule has 2 heterocycles. The smallest absolute Gasteiger partial charge is 0.266 e. The first-order valence-electron chi connectivity index (χ1n) is 8.97. The van der Waals surface area contributed by atoms with Crippen LogP contribution in [-0.4, -0.2) is 15.0 Å². The number of nitrogens with zero attached hydrogens (tertiary/aromatic N) is 3. The van der Waals surface area contributed by atoms with Crippen molar-refractivity contribution in [3.8, 4) is 6.07 Å². The molecule has 2 aromatic heterocycles. The molecular formula is C20H16F3N5O. The molecule has 29 heavy (non-hydrogen) atoms. The second-order valence-electron chi connectivity index (χ2n) is 7.06. The molecule has 4 rings (SSSR count). The number of aromatic amines is 1. The van der Waals surface area contributed by atoms with Gasteiger partial charge in [0, 0.05) is 17.7 Å². The lowest BCUT2D eigenvalue weighted by molar-refractivity contribution is 0.146. The normalized spacial score (nSPS) is 14.8. The van der Waals surface area contributed by atoms with E-state index in [4.69, 9.17) is 0 Å². The highest BCUT2D eigenvalue weighted by molar-refractivity contribution is 5.87. The number of rotatable bonds is 5. The zero-order valence-electron chi connectivity index (χ0n) is 15.4. The van der Waals surface area contributed by atoms with Crippen molar-refractivity contribution in [1.82, 2.24) is 15.0 Å². The summed E-state index contributed by atoms with van der Waals surface area (Å²) in [4.78, 5) is 23.6. The number of nitrogens with one attached hydrogen (secondary N) is 2. The first-order chi connectivity index (χ1) is 13.8. The van der Waals surface area contributed by atoms with Crippen molar-refractivity contribution in [2.24, 2.45) is 0 Å². The van der Waals surface area contributed by atoms with Crippen LogP contribution >= 0.6 is 0 Å². The number of hydrogen-bond donors (Lipinski definition) is 2. The molecule has 6 nitrogen and oxygen atoms in total. The van der Waals surface area contributed by atoms with Crippen molar-refractivity contribution in [3.63, 3.8) is 0 Å². The van der Waals surface area contributed by atoms with Crippen LogP contribution in [0.1, 0.15) is 41.8 Å². The number of aromatic nitrogens is 3. The van der Waals surface area contributed by atoms with E-state index in [1.54, 1.807) is 13.0 Å². The minimum absolute atomic E-state index is 0.0625. The lowest BCUT2D eigenvalue weighted by Crippen LogP contribution is -2.21. The molecule has 1 saturated carbocycles. The van der Waals surface area contributed by atoms with E-state index < -0.39 is 23.2 Å². The number of hydrogen-bond acceptors (Lipinski definition) is 5. The van der Waals surface area contributed by atoms with Crippen LogP contribution in [0.3, 0.4) is 0 Å². The van der Waals surface area contributed by atoms with Crippen molar-refractivity contribution in [2.75, 3.05) is 5.32 Å². The fourth-order valence-corrected chi connectivity index (χ4v) is 3.34. The van der Waals surface area contributed by atoms with Crippen molar-refractivity contribution < 1.29 is 13.2 Å². The number of alkyl halides is 2.